The molecule has 0 bridgehead atoms. The van der Waals surface area contributed by atoms with Gasteiger partial charge in [0.2, 0.25) is 5.71 Å². The Balaban J connectivity index is 2.10. The highest BCUT2D eigenvalue weighted by Crippen LogP contribution is 2.27. The summed E-state index contributed by atoms with van der Waals surface area (Å²) in [4.78, 5) is 20.6. The molecule has 23 heavy (non-hydrogen) atoms. The van der Waals surface area contributed by atoms with Crippen molar-refractivity contribution in [3.8, 4) is 0 Å². The number of nitrogen functional groups attached to an aromatic ring is 1. The van der Waals surface area contributed by atoms with E-state index in [1.807, 2.05) is 34.6 Å². The lowest BCUT2D eigenvalue weighted by atomic mass is 9.96. The summed E-state index contributed by atoms with van der Waals surface area (Å²) in [6, 6.07) is 0. The van der Waals surface area contributed by atoms with Gasteiger partial charge in [-0.1, -0.05) is 25.9 Å². The van der Waals surface area contributed by atoms with Gasteiger partial charge in [-0.3, -0.25) is 9.09 Å². The van der Waals surface area contributed by atoms with Gasteiger partial charge in [0, 0.05) is 11.0 Å². The zero-order valence-corrected chi connectivity index (χ0v) is 13.8. The van der Waals surface area contributed by atoms with Crippen LogP contribution in [-0.2, 0) is 12.0 Å². The number of furan rings is 1. The quantitative estimate of drug-likeness (QED) is 0.768. The first-order valence-corrected chi connectivity index (χ1v) is 7.27. The highest BCUT2D eigenvalue weighted by Gasteiger charge is 2.25. The van der Waals surface area contributed by atoms with Crippen LogP contribution in [0.2, 0.25) is 0 Å². The van der Waals surface area contributed by atoms with E-state index >= 15 is 0 Å². The number of hydrogen-bond donors (Lipinski definition) is 1. The average molecular weight is 317 g/mol. The number of hydrogen-bond acceptors (Lipinski definition) is 7. The first-order chi connectivity index (χ1) is 10.7. The molecule has 2 N–H and O–H groups in total. The van der Waals surface area contributed by atoms with Crippen molar-refractivity contribution in [1.82, 2.24) is 19.7 Å². The lowest BCUT2D eigenvalue weighted by Gasteiger charge is -2.16. The predicted molar refractivity (Wildman–Crippen MR) is 84.3 cm³/mol. The second-order valence-electron chi connectivity index (χ2n) is 6.60. The smallest absolute Gasteiger partial charge is 0.442 e. The van der Waals surface area contributed by atoms with E-state index in [1.165, 1.54) is 4.57 Å². The van der Waals surface area contributed by atoms with Crippen LogP contribution in [0, 0.1) is 13.8 Å². The molecule has 3 aromatic heterocycles. The molecule has 122 valence electrons. The first-order valence-electron chi connectivity index (χ1n) is 7.27. The largest absolute Gasteiger partial charge is 0.443 e. The molecule has 0 aliphatic heterocycles. The molecular formula is C15H19N5O3. The number of rotatable bonds is 2. The van der Waals surface area contributed by atoms with E-state index < -0.39 is 5.76 Å². The summed E-state index contributed by atoms with van der Waals surface area (Å²) < 4.78 is 11.8. The fourth-order valence-corrected chi connectivity index (χ4v) is 2.49. The van der Waals surface area contributed by atoms with Crippen molar-refractivity contribution in [3.63, 3.8) is 0 Å². The number of aryl methyl sites for hydroxylation is 2. The van der Waals surface area contributed by atoms with E-state index in [1.54, 1.807) is 0 Å². The zero-order chi connectivity index (χ0) is 16.9. The van der Waals surface area contributed by atoms with Gasteiger partial charge >= 0.3 is 5.76 Å². The third-order valence-corrected chi connectivity index (χ3v) is 3.76. The Morgan fingerprint density at radius 1 is 1.22 bits per heavy atom. The molecule has 8 heteroatoms. The molecule has 0 aliphatic carbocycles. The monoisotopic (exact) mass is 317 g/mol. The zero-order valence-electron chi connectivity index (χ0n) is 13.8. The Morgan fingerprint density at radius 3 is 2.57 bits per heavy atom. The fourth-order valence-electron chi connectivity index (χ4n) is 2.49. The first kappa shape index (κ1) is 15.3. The van der Waals surface area contributed by atoms with Crippen LogP contribution in [-0.4, -0.2) is 19.7 Å². The minimum Gasteiger partial charge on any atom is -0.443 e. The second kappa shape index (κ2) is 4.94. The van der Waals surface area contributed by atoms with E-state index in [9.17, 15) is 4.79 Å². The predicted octanol–water partition coefficient (Wildman–Crippen LogP) is 1.92. The van der Waals surface area contributed by atoms with Crippen molar-refractivity contribution in [1.29, 1.82) is 0 Å². The number of aromatic nitrogens is 4. The van der Waals surface area contributed by atoms with E-state index in [0.29, 0.717) is 28.6 Å². The Bertz CT molecular complexity index is 943. The molecule has 3 heterocycles. The van der Waals surface area contributed by atoms with Gasteiger partial charge in [-0.15, -0.1) is 0 Å². The van der Waals surface area contributed by atoms with Gasteiger partial charge in [0.25, 0.3) is 0 Å². The van der Waals surface area contributed by atoms with Gasteiger partial charge in [-0.2, -0.15) is 4.98 Å². The molecule has 8 nitrogen and oxygen atoms in total. The van der Waals surface area contributed by atoms with Gasteiger partial charge < -0.3 is 10.2 Å². The SMILES string of the molecule is Cc1oc2nc(Cn3c(C(C)(C)C)noc3=O)nc(N)c2c1C. The molecule has 0 spiro atoms. The molecule has 0 radical (unpaired) electrons. The van der Waals surface area contributed by atoms with Gasteiger partial charge in [0.05, 0.1) is 11.9 Å². The van der Waals surface area contributed by atoms with Crippen LogP contribution in [0.15, 0.2) is 13.7 Å². The summed E-state index contributed by atoms with van der Waals surface area (Å²) >= 11 is 0. The minimum absolute atomic E-state index is 0.119. The Labute approximate surface area is 132 Å². The van der Waals surface area contributed by atoms with Crippen molar-refractivity contribution < 1.29 is 8.94 Å². The molecule has 0 unspecified atom stereocenters. The molecule has 0 atom stereocenters. The lowest BCUT2D eigenvalue weighted by molar-refractivity contribution is 0.367. The van der Waals surface area contributed by atoms with Gasteiger partial charge in [0.15, 0.2) is 11.6 Å². The molecule has 0 aromatic carbocycles. The van der Waals surface area contributed by atoms with Crippen LogP contribution >= 0.6 is 0 Å². The normalized spacial score (nSPS) is 12.2. The average Bonchev–Trinajstić information content (AvgIpc) is 2.92. The van der Waals surface area contributed by atoms with Gasteiger partial charge in [-0.25, -0.2) is 9.78 Å². The van der Waals surface area contributed by atoms with Crippen LogP contribution in [0.3, 0.4) is 0 Å². The van der Waals surface area contributed by atoms with Gasteiger partial charge in [-0.05, 0) is 13.8 Å². The Hall–Kier alpha value is -2.64. The van der Waals surface area contributed by atoms with Gasteiger partial charge in [0.1, 0.15) is 11.6 Å². The highest BCUT2D eigenvalue weighted by atomic mass is 16.5. The maximum atomic E-state index is 11.9. The van der Waals surface area contributed by atoms with Crippen molar-refractivity contribution >= 4 is 16.9 Å². The number of nitrogens with zero attached hydrogens (tertiary/aromatic N) is 4. The third kappa shape index (κ3) is 2.49. The Kier molecular flexibility index (Phi) is 3.28. The maximum absolute atomic E-state index is 11.9. The van der Waals surface area contributed by atoms with E-state index in [-0.39, 0.29) is 12.0 Å². The highest BCUT2D eigenvalue weighted by molar-refractivity contribution is 5.88. The van der Waals surface area contributed by atoms with Crippen molar-refractivity contribution in [3.05, 3.63) is 33.5 Å². The molecule has 0 amide bonds. The van der Waals surface area contributed by atoms with Crippen LogP contribution in [0.5, 0.6) is 0 Å². The topological polar surface area (TPSA) is 113 Å². The number of anilines is 1. The summed E-state index contributed by atoms with van der Waals surface area (Å²) in [7, 11) is 0. The van der Waals surface area contributed by atoms with Crippen molar-refractivity contribution in [2.24, 2.45) is 0 Å². The van der Waals surface area contributed by atoms with Crippen LogP contribution in [0.25, 0.3) is 11.1 Å². The summed E-state index contributed by atoms with van der Waals surface area (Å²) in [6.45, 7) is 9.70. The fraction of sp³-hybridized carbons (Fsp3) is 0.467. The molecule has 0 saturated heterocycles. The molecule has 0 fully saturated rings. The molecule has 0 saturated carbocycles. The van der Waals surface area contributed by atoms with Crippen molar-refractivity contribution in [2.45, 2.75) is 46.6 Å². The molecule has 0 aliphatic rings. The van der Waals surface area contributed by atoms with E-state index in [4.69, 9.17) is 14.7 Å². The summed E-state index contributed by atoms with van der Waals surface area (Å²) in [5, 5.41) is 4.56. The number of fused-ring (bicyclic) bond motifs is 1. The van der Waals surface area contributed by atoms with Crippen LogP contribution in [0.4, 0.5) is 5.82 Å². The van der Waals surface area contributed by atoms with Crippen molar-refractivity contribution in [2.75, 3.05) is 5.73 Å². The summed E-state index contributed by atoms with van der Waals surface area (Å²) in [5.74, 6) is 1.43. The molecular weight excluding hydrogens is 298 g/mol. The molecule has 3 rings (SSSR count). The van der Waals surface area contributed by atoms with Crippen LogP contribution < -0.4 is 11.5 Å². The third-order valence-electron chi connectivity index (χ3n) is 3.76. The second-order valence-corrected chi connectivity index (χ2v) is 6.60. The summed E-state index contributed by atoms with van der Waals surface area (Å²) in [6.07, 6.45) is 0. The number of nitrogens with two attached hydrogens (primary N) is 1. The maximum Gasteiger partial charge on any atom is 0.442 e. The molecule has 3 aromatic rings. The Morgan fingerprint density at radius 2 is 1.91 bits per heavy atom. The lowest BCUT2D eigenvalue weighted by Crippen LogP contribution is -2.26. The summed E-state index contributed by atoms with van der Waals surface area (Å²) in [5.41, 5.74) is 7.02. The minimum atomic E-state index is -0.552. The standard InChI is InChI=1S/C15H19N5O3/c1-7-8(2)22-12-10(7)11(16)17-9(18-12)6-20-13(15(3,4)5)19-23-14(20)21/h6H2,1-5H3,(H2,16,17,18). The van der Waals surface area contributed by atoms with E-state index in [2.05, 4.69) is 15.1 Å². The van der Waals surface area contributed by atoms with E-state index in [0.717, 1.165) is 11.3 Å². The van der Waals surface area contributed by atoms with Crippen LogP contribution in [0.1, 0.15) is 43.7 Å².